The van der Waals surface area contributed by atoms with E-state index < -0.39 is 30.9 Å². The number of ether oxygens (including phenoxy) is 3. The van der Waals surface area contributed by atoms with Gasteiger partial charge in [0.1, 0.15) is 43.3 Å². The number of aliphatic hydroxyl groups is 2. The van der Waals surface area contributed by atoms with Crippen LogP contribution in [0.5, 0.6) is 11.6 Å². The van der Waals surface area contributed by atoms with Crippen molar-refractivity contribution in [3.63, 3.8) is 0 Å². The van der Waals surface area contributed by atoms with E-state index in [2.05, 4.69) is 20.6 Å². The van der Waals surface area contributed by atoms with Gasteiger partial charge >= 0.3 is 6.03 Å². The van der Waals surface area contributed by atoms with Gasteiger partial charge in [0, 0.05) is 12.1 Å². The zero-order valence-corrected chi connectivity index (χ0v) is 16.5. The fourth-order valence-corrected chi connectivity index (χ4v) is 2.77. The first-order valence-corrected chi connectivity index (χ1v) is 9.08. The monoisotopic (exact) mass is 435 g/mol. The number of amides is 2. The summed E-state index contributed by atoms with van der Waals surface area (Å²) in [7, 11) is 1.34. The molecule has 3 unspecified atom stereocenters. The van der Waals surface area contributed by atoms with Crippen molar-refractivity contribution in [2.24, 2.45) is 0 Å². The third-order valence-electron chi connectivity index (χ3n) is 4.15. The fraction of sp³-hybridized carbons (Fsp3) is 0.333. The molecule has 1 aliphatic heterocycles. The van der Waals surface area contributed by atoms with Gasteiger partial charge in [-0.2, -0.15) is 10.2 Å². The van der Waals surface area contributed by atoms with Gasteiger partial charge in [-0.05, 0) is 18.2 Å². The van der Waals surface area contributed by atoms with Gasteiger partial charge in [0.2, 0.25) is 5.69 Å². The number of aliphatic hydroxyl groups excluding tert-OH is 2. The summed E-state index contributed by atoms with van der Waals surface area (Å²) in [5.41, 5.74) is 0.0913. The molecule has 1 aliphatic rings. The van der Waals surface area contributed by atoms with Crippen LogP contribution in [0.3, 0.4) is 0 Å². The summed E-state index contributed by atoms with van der Waals surface area (Å²) in [5.74, 6) is 0.0340. The second-order valence-corrected chi connectivity index (χ2v) is 6.63. The number of nitriles is 1. The van der Waals surface area contributed by atoms with Crippen molar-refractivity contribution in [3.8, 4) is 17.7 Å². The number of rotatable bonds is 1. The summed E-state index contributed by atoms with van der Waals surface area (Å²) in [4.78, 5) is 20.3. The summed E-state index contributed by atoms with van der Waals surface area (Å²) >= 11 is 6.01. The maximum atomic E-state index is 12.4. The predicted molar refractivity (Wildman–Crippen MR) is 105 cm³/mol. The third-order valence-corrected chi connectivity index (χ3v) is 4.38. The van der Waals surface area contributed by atoms with Gasteiger partial charge in [0.05, 0.1) is 11.9 Å². The first-order chi connectivity index (χ1) is 14.4. The van der Waals surface area contributed by atoms with Crippen molar-refractivity contribution in [2.45, 2.75) is 18.3 Å². The third kappa shape index (κ3) is 5.05. The highest BCUT2D eigenvalue weighted by Crippen LogP contribution is 2.29. The van der Waals surface area contributed by atoms with Crippen LogP contribution in [-0.4, -0.2) is 64.8 Å². The van der Waals surface area contributed by atoms with Gasteiger partial charge in [-0.1, -0.05) is 11.6 Å². The molecule has 2 heterocycles. The van der Waals surface area contributed by atoms with Crippen molar-refractivity contribution in [3.05, 3.63) is 35.1 Å². The van der Waals surface area contributed by atoms with E-state index in [1.165, 1.54) is 25.4 Å². The molecule has 12 heteroatoms. The molecule has 2 bridgehead atoms. The Morgan fingerprint density at radius 2 is 2.10 bits per heavy atom. The molecule has 2 aromatic rings. The summed E-state index contributed by atoms with van der Waals surface area (Å²) in [6.07, 6.45) is -2.53. The van der Waals surface area contributed by atoms with E-state index in [1.54, 1.807) is 12.1 Å². The molecule has 1 aromatic heterocycles. The lowest BCUT2D eigenvalue weighted by molar-refractivity contribution is -0.0985. The highest BCUT2D eigenvalue weighted by molar-refractivity contribution is 6.31. The highest BCUT2D eigenvalue weighted by atomic mass is 35.5. The van der Waals surface area contributed by atoms with Crippen LogP contribution in [-0.2, 0) is 4.74 Å². The number of methoxy groups -OCH3 is 1. The van der Waals surface area contributed by atoms with Crippen LogP contribution in [0.25, 0.3) is 0 Å². The topological polar surface area (TPSA) is 159 Å². The molecule has 0 radical (unpaired) electrons. The minimum Gasteiger partial charge on any atom is -0.489 e. The smallest absolute Gasteiger partial charge is 0.325 e. The zero-order valence-electron chi connectivity index (χ0n) is 15.7. The number of anilines is 2. The number of nitrogens with zero attached hydrogens (tertiary/aromatic N) is 3. The standard InChI is InChI=1S/C18H18ClN5O6/c1-28-14-8-29-13-3-2-9(19)4-10(13)22-18(27)24-15-6-21-11(5-20)17(23-15)30-7-12(25)16(14)26/h2-4,6,12,14,16,25-26H,7-8H2,1H3,(H2,22,23,24,27). The summed E-state index contributed by atoms with van der Waals surface area (Å²) < 4.78 is 16.2. The normalized spacial score (nSPS) is 22.0. The van der Waals surface area contributed by atoms with Gasteiger partial charge < -0.3 is 29.7 Å². The summed E-state index contributed by atoms with van der Waals surface area (Å²) in [5, 5.41) is 35.2. The summed E-state index contributed by atoms with van der Waals surface area (Å²) in [6, 6.07) is 5.69. The maximum Gasteiger partial charge on any atom is 0.325 e. The molecule has 2 amide bonds. The minimum atomic E-state index is -1.39. The lowest BCUT2D eigenvalue weighted by Gasteiger charge is -2.26. The molecule has 0 fully saturated rings. The second kappa shape index (κ2) is 9.55. The van der Waals surface area contributed by atoms with E-state index in [9.17, 15) is 15.0 Å². The second-order valence-electron chi connectivity index (χ2n) is 6.19. The van der Waals surface area contributed by atoms with E-state index in [-0.39, 0.29) is 35.4 Å². The number of hydrogen-bond donors (Lipinski definition) is 4. The van der Waals surface area contributed by atoms with Gasteiger partial charge in [-0.15, -0.1) is 0 Å². The van der Waals surface area contributed by atoms with Crippen LogP contribution in [0, 0.1) is 11.3 Å². The Morgan fingerprint density at radius 3 is 2.83 bits per heavy atom. The van der Waals surface area contributed by atoms with E-state index in [0.717, 1.165) is 0 Å². The quantitative estimate of drug-likeness (QED) is 0.515. The Hall–Kier alpha value is -3.17. The van der Waals surface area contributed by atoms with Crippen molar-refractivity contribution in [2.75, 3.05) is 31.0 Å². The van der Waals surface area contributed by atoms with Gasteiger partial charge in [0.15, 0.2) is 5.82 Å². The minimum absolute atomic E-state index is 0.00863. The van der Waals surface area contributed by atoms with Crippen LogP contribution in [0.2, 0.25) is 5.02 Å². The van der Waals surface area contributed by atoms with Crippen molar-refractivity contribution < 1.29 is 29.2 Å². The SMILES string of the molecule is COC1COc2ccc(Cl)cc2NC(=O)Nc2cnc(C#N)c(n2)OCC(O)C1O. The lowest BCUT2D eigenvalue weighted by atomic mass is 10.1. The first-order valence-electron chi connectivity index (χ1n) is 8.70. The number of hydrogen-bond acceptors (Lipinski definition) is 9. The van der Waals surface area contributed by atoms with E-state index in [0.29, 0.717) is 5.02 Å². The molecule has 0 saturated carbocycles. The Morgan fingerprint density at radius 1 is 1.30 bits per heavy atom. The van der Waals surface area contributed by atoms with Crippen LogP contribution in [0.4, 0.5) is 16.3 Å². The molecule has 3 atom stereocenters. The Bertz CT molecular complexity index is 969. The molecule has 4 N–H and O–H groups in total. The first kappa shape index (κ1) is 21.5. The molecule has 0 spiro atoms. The molecular weight excluding hydrogens is 418 g/mol. The molecule has 158 valence electrons. The summed E-state index contributed by atoms with van der Waals surface area (Å²) in [6.45, 7) is -0.560. The number of nitrogens with one attached hydrogen (secondary N) is 2. The Kier molecular flexibility index (Phi) is 6.86. The predicted octanol–water partition coefficient (Wildman–Crippen LogP) is 1.15. The maximum absolute atomic E-state index is 12.4. The number of halogens is 1. The van der Waals surface area contributed by atoms with E-state index in [1.807, 2.05) is 0 Å². The lowest BCUT2D eigenvalue weighted by Crippen LogP contribution is -2.44. The fourth-order valence-electron chi connectivity index (χ4n) is 2.59. The number of fused-ring (bicyclic) bond motifs is 3. The van der Waals surface area contributed by atoms with Crippen molar-refractivity contribution in [1.82, 2.24) is 9.97 Å². The van der Waals surface area contributed by atoms with Crippen molar-refractivity contribution in [1.29, 1.82) is 5.26 Å². The van der Waals surface area contributed by atoms with Crippen molar-refractivity contribution >= 4 is 29.1 Å². The molecule has 1 aromatic carbocycles. The average molecular weight is 436 g/mol. The molecule has 0 saturated heterocycles. The zero-order chi connectivity index (χ0) is 21.7. The average Bonchev–Trinajstić information content (AvgIpc) is 2.73. The number of carbonyl (C=O) groups excluding carboxylic acids is 1. The largest absolute Gasteiger partial charge is 0.489 e. The van der Waals surface area contributed by atoms with Crippen LogP contribution >= 0.6 is 11.6 Å². The van der Waals surface area contributed by atoms with Gasteiger partial charge in [0.25, 0.3) is 5.88 Å². The Labute approximate surface area is 176 Å². The molecule has 0 aliphatic carbocycles. The number of carbonyl (C=O) groups is 1. The highest BCUT2D eigenvalue weighted by Gasteiger charge is 2.29. The molecular formula is C18H18ClN5O6. The number of urea groups is 1. The van der Waals surface area contributed by atoms with Gasteiger partial charge in [-0.3, -0.25) is 5.32 Å². The van der Waals surface area contributed by atoms with Gasteiger partial charge in [-0.25, -0.2) is 9.78 Å². The Balaban J connectivity index is 1.98. The van der Waals surface area contributed by atoms with Crippen LogP contribution in [0.1, 0.15) is 5.69 Å². The van der Waals surface area contributed by atoms with Crippen LogP contribution in [0.15, 0.2) is 24.4 Å². The molecule has 30 heavy (non-hydrogen) atoms. The molecule has 3 rings (SSSR count). The van der Waals surface area contributed by atoms with Crippen LogP contribution < -0.4 is 20.1 Å². The number of benzene rings is 1. The number of aromatic nitrogens is 2. The molecule has 11 nitrogen and oxygen atoms in total. The van der Waals surface area contributed by atoms with E-state index in [4.69, 9.17) is 31.1 Å². The van der Waals surface area contributed by atoms with E-state index >= 15 is 0 Å².